The fourth-order valence-corrected chi connectivity index (χ4v) is 8.67. The van der Waals surface area contributed by atoms with Gasteiger partial charge in [-0.3, -0.25) is 0 Å². The summed E-state index contributed by atoms with van der Waals surface area (Å²) in [6.07, 6.45) is 3.04. The van der Waals surface area contributed by atoms with Gasteiger partial charge in [0.25, 0.3) is 0 Å². The van der Waals surface area contributed by atoms with Crippen molar-refractivity contribution in [1.29, 1.82) is 0 Å². The summed E-state index contributed by atoms with van der Waals surface area (Å²) in [6.45, 7) is 19.0. The van der Waals surface area contributed by atoms with Crippen LogP contribution >= 0.6 is 0 Å². The van der Waals surface area contributed by atoms with Crippen LogP contribution in [0, 0.1) is 0 Å². The number of aryl methyl sites for hydroxylation is 1. The van der Waals surface area contributed by atoms with Crippen molar-refractivity contribution in [3.8, 4) is 22.3 Å². The van der Waals surface area contributed by atoms with Gasteiger partial charge in [0.1, 0.15) is 11.2 Å². The molecule has 1 nitrogen and oxygen atoms in total. The van der Waals surface area contributed by atoms with Gasteiger partial charge < -0.3 is 4.42 Å². The lowest BCUT2D eigenvalue weighted by Gasteiger charge is -2.33. The summed E-state index contributed by atoms with van der Waals surface area (Å²) in [4.78, 5) is 0. The van der Waals surface area contributed by atoms with Gasteiger partial charge in [0.15, 0.2) is 0 Å². The van der Waals surface area contributed by atoms with Gasteiger partial charge >= 0.3 is 0 Å². The topological polar surface area (TPSA) is 13.1 Å². The fraction of sp³-hybridized carbons (Fsp3) is 0.294. The number of para-hydroxylation sites is 1. The van der Waals surface area contributed by atoms with Crippen LogP contribution in [0.4, 0.5) is 0 Å². The van der Waals surface area contributed by atoms with E-state index in [1.54, 1.807) is 0 Å². The minimum absolute atomic E-state index is 0.0515. The van der Waals surface area contributed by atoms with Gasteiger partial charge in [0, 0.05) is 16.2 Å². The van der Waals surface area contributed by atoms with Crippen LogP contribution in [0.25, 0.3) is 44.2 Å². The van der Waals surface area contributed by atoms with E-state index >= 15 is 0 Å². The van der Waals surface area contributed by atoms with Crippen LogP contribution in [0.15, 0.2) is 132 Å². The number of fused-ring (bicyclic) bond motifs is 6. The molecule has 1 atom stereocenters. The Hall–Kier alpha value is -4.88. The van der Waals surface area contributed by atoms with Gasteiger partial charge in [0.2, 0.25) is 0 Å². The first-order valence-electron chi connectivity index (χ1n) is 19.2. The molecular formula is C51H52O. The third-order valence-corrected chi connectivity index (χ3v) is 11.7. The SMILES string of the molecule is CC(C)(C)c1cc2c(c(C(C)(C)C)c1)C(C)(C)c1cc(CC(CCc3ccc4c(c3)oc3ccccc34)c3ccc(-c4ccccc4)cc3)ccc1-2. The zero-order valence-electron chi connectivity index (χ0n) is 32.2. The molecule has 0 spiro atoms. The van der Waals surface area contributed by atoms with Gasteiger partial charge in [0.05, 0.1) is 0 Å². The van der Waals surface area contributed by atoms with E-state index in [0.29, 0.717) is 5.92 Å². The largest absolute Gasteiger partial charge is 0.456 e. The van der Waals surface area contributed by atoms with Crippen LogP contribution in [0.3, 0.4) is 0 Å². The second kappa shape index (κ2) is 12.7. The number of hydrogen-bond acceptors (Lipinski definition) is 1. The average molecular weight is 681 g/mol. The van der Waals surface area contributed by atoms with E-state index in [0.717, 1.165) is 30.4 Å². The molecule has 8 rings (SSSR count). The monoisotopic (exact) mass is 680 g/mol. The lowest BCUT2D eigenvalue weighted by molar-refractivity contribution is 0.545. The highest BCUT2D eigenvalue weighted by Crippen LogP contribution is 2.53. The fourth-order valence-electron chi connectivity index (χ4n) is 8.67. The van der Waals surface area contributed by atoms with Crippen LogP contribution in [0.5, 0.6) is 0 Å². The van der Waals surface area contributed by atoms with E-state index in [1.165, 1.54) is 72.0 Å². The molecule has 1 heterocycles. The molecule has 262 valence electrons. The highest BCUT2D eigenvalue weighted by Gasteiger charge is 2.40. The van der Waals surface area contributed by atoms with Crippen molar-refractivity contribution in [1.82, 2.24) is 0 Å². The van der Waals surface area contributed by atoms with Crippen LogP contribution in [-0.2, 0) is 29.1 Å². The predicted octanol–water partition coefficient (Wildman–Crippen LogP) is 14.1. The summed E-state index contributed by atoms with van der Waals surface area (Å²) in [5.41, 5.74) is 17.4. The van der Waals surface area contributed by atoms with Gasteiger partial charge in [-0.2, -0.15) is 0 Å². The number of rotatable bonds is 7. The summed E-state index contributed by atoms with van der Waals surface area (Å²) in [5, 5.41) is 2.38. The Labute approximate surface area is 310 Å². The first kappa shape index (κ1) is 34.2. The van der Waals surface area contributed by atoms with Crippen molar-refractivity contribution in [3.63, 3.8) is 0 Å². The van der Waals surface area contributed by atoms with E-state index in [1.807, 2.05) is 6.07 Å². The summed E-state index contributed by atoms with van der Waals surface area (Å²) < 4.78 is 6.28. The molecular weight excluding hydrogens is 629 g/mol. The summed E-state index contributed by atoms with van der Waals surface area (Å²) in [5.74, 6) is 0.374. The van der Waals surface area contributed by atoms with E-state index in [-0.39, 0.29) is 16.2 Å². The Balaban J connectivity index is 1.15. The average Bonchev–Trinajstić information content (AvgIpc) is 3.60. The van der Waals surface area contributed by atoms with Crippen molar-refractivity contribution in [2.45, 2.75) is 96.8 Å². The van der Waals surface area contributed by atoms with E-state index in [4.69, 9.17) is 4.42 Å². The van der Waals surface area contributed by atoms with E-state index in [2.05, 4.69) is 177 Å². The molecule has 0 N–H and O–H groups in total. The molecule has 0 saturated carbocycles. The maximum Gasteiger partial charge on any atom is 0.135 e. The lowest BCUT2D eigenvalue weighted by Crippen LogP contribution is -2.24. The van der Waals surface area contributed by atoms with Crippen LogP contribution in [-0.4, -0.2) is 0 Å². The molecule has 0 aliphatic heterocycles. The summed E-state index contributed by atoms with van der Waals surface area (Å²) in [7, 11) is 0. The molecule has 52 heavy (non-hydrogen) atoms. The van der Waals surface area contributed by atoms with Crippen molar-refractivity contribution in [3.05, 3.63) is 166 Å². The highest BCUT2D eigenvalue weighted by atomic mass is 16.3. The highest BCUT2D eigenvalue weighted by molar-refractivity contribution is 6.04. The summed E-state index contributed by atoms with van der Waals surface area (Å²) >= 11 is 0. The number of hydrogen-bond donors (Lipinski definition) is 0. The predicted molar refractivity (Wildman–Crippen MR) is 222 cm³/mol. The molecule has 0 amide bonds. The normalized spacial score (nSPS) is 14.5. The Kier molecular flexibility index (Phi) is 8.33. The quantitative estimate of drug-likeness (QED) is 0.163. The standard InChI is InChI=1S/C51H52O/c1-49(2,3)39-31-43-40-26-20-34(29-44(40)51(7,8)48(43)45(32-39)50(4,5)6)28-38(37-24-22-36(23-25-37)35-14-10-9-11-15-35)21-18-33-19-27-42-41-16-12-13-17-46(41)52-47(42)30-33/h9-17,19-20,22-27,29-32,38H,18,21,28H2,1-8H3. The molecule has 1 unspecified atom stereocenters. The molecule has 6 aromatic carbocycles. The Morgan fingerprint density at radius 3 is 1.98 bits per heavy atom. The van der Waals surface area contributed by atoms with Gasteiger partial charge in [-0.1, -0.05) is 171 Å². The Bertz CT molecular complexity index is 2410. The van der Waals surface area contributed by atoms with E-state index < -0.39 is 0 Å². The van der Waals surface area contributed by atoms with Crippen molar-refractivity contribution in [2.24, 2.45) is 0 Å². The first-order chi connectivity index (χ1) is 24.8. The molecule has 0 radical (unpaired) electrons. The van der Waals surface area contributed by atoms with Gasteiger partial charge in [-0.25, -0.2) is 0 Å². The third kappa shape index (κ3) is 6.19. The molecule has 1 aliphatic rings. The third-order valence-electron chi connectivity index (χ3n) is 11.7. The maximum absolute atomic E-state index is 6.28. The van der Waals surface area contributed by atoms with Crippen LogP contribution in [0.1, 0.15) is 107 Å². The van der Waals surface area contributed by atoms with E-state index in [9.17, 15) is 0 Å². The molecule has 7 aromatic rings. The molecule has 1 aliphatic carbocycles. The molecule has 0 fully saturated rings. The second-order valence-corrected chi connectivity index (χ2v) is 17.8. The number of benzene rings is 6. The zero-order chi connectivity index (χ0) is 36.4. The van der Waals surface area contributed by atoms with Crippen molar-refractivity contribution in [2.75, 3.05) is 0 Å². The van der Waals surface area contributed by atoms with Crippen LogP contribution in [0.2, 0.25) is 0 Å². The minimum Gasteiger partial charge on any atom is -0.456 e. The van der Waals surface area contributed by atoms with Crippen molar-refractivity contribution >= 4 is 21.9 Å². The minimum atomic E-state index is -0.0749. The smallest absolute Gasteiger partial charge is 0.135 e. The van der Waals surface area contributed by atoms with Crippen LogP contribution < -0.4 is 0 Å². The second-order valence-electron chi connectivity index (χ2n) is 17.8. The molecule has 1 aromatic heterocycles. The molecule has 1 heteroatoms. The first-order valence-corrected chi connectivity index (χ1v) is 19.2. The Morgan fingerprint density at radius 2 is 1.25 bits per heavy atom. The zero-order valence-corrected chi connectivity index (χ0v) is 32.2. The maximum atomic E-state index is 6.28. The lowest BCUT2D eigenvalue weighted by atomic mass is 9.71. The summed E-state index contributed by atoms with van der Waals surface area (Å²) in [6, 6.07) is 47.6. The van der Waals surface area contributed by atoms with Gasteiger partial charge in [-0.15, -0.1) is 0 Å². The van der Waals surface area contributed by atoms with Crippen molar-refractivity contribution < 1.29 is 4.42 Å². The molecule has 0 bridgehead atoms. The number of furan rings is 1. The molecule has 0 saturated heterocycles. The van der Waals surface area contributed by atoms with Gasteiger partial charge in [-0.05, 0) is 109 Å². The Morgan fingerprint density at radius 1 is 0.577 bits per heavy atom.